The van der Waals surface area contributed by atoms with Crippen LogP contribution >= 0.6 is 0 Å². The molecule has 1 rings (SSSR count). The molecule has 0 aromatic carbocycles. The Hall–Kier alpha value is -1.89. The molecule has 0 fully saturated rings. The summed E-state index contributed by atoms with van der Waals surface area (Å²) in [4.78, 5) is 27.7. The van der Waals surface area contributed by atoms with Crippen LogP contribution in [0.4, 0.5) is 0 Å². The largest absolute Gasteiger partial charge is 0.480 e. The van der Waals surface area contributed by atoms with Crippen molar-refractivity contribution in [1.29, 1.82) is 0 Å². The molecule has 1 amide bonds. The number of nitrogens with zero attached hydrogens (tertiary/aromatic N) is 3. The third kappa shape index (κ3) is 3.04. The lowest BCUT2D eigenvalue weighted by Gasteiger charge is -2.20. The van der Waals surface area contributed by atoms with Gasteiger partial charge in [0.25, 0.3) is 5.91 Å². The number of imidazole rings is 1. The van der Waals surface area contributed by atoms with Crippen molar-refractivity contribution in [3.05, 3.63) is 18.2 Å². The SMILES string of the molecule is CC(C(=O)O)N(C)C(=O)c1cn(CCN)cn1. The lowest BCUT2D eigenvalue weighted by Crippen LogP contribution is -2.40. The predicted octanol–water partition coefficient (Wildman–Crippen LogP) is -0.613. The minimum Gasteiger partial charge on any atom is -0.480 e. The van der Waals surface area contributed by atoms with Crippen LogP contribution in [0.5, 0.6) is 0 Å². The third-order valence-electron chi connectivity index (χ3n) is 2.50. The minimum absolute atomic E-state index is 0.217. The van der Waals surface area contributed by atoms with Gasteiger partial charge in [-0.05, 0) is 6.92 Å². The molecule has 1 aromatic heterocycles. The summed E-state index contributed by atoms with van der Waals surface area (Å²) < 4.78 is 1.69. The highest BCUT2D eigenvalue weighted by atomic mass is 16.4. The number of amides is 1. The molecule has 17 heavy (non-hydrogen) atoms. The number of hydrogen-bond donors (Lipinski definition) is 2. The van der Waals surface area contributed by atoms with Crippen LogP contribution in [0.3, 0.4) is 0 Å². The molecule has 1 heterocycles. The molecule has 3 N–H and O–H groups in total. The fourth-order valence-corrected chi connectivity index (χ4v) is 1.26. The number of aromatic nitrogens is 2. The molecule has 0 bridgehead atoms. The Morgan fingerprint density at radius 2 is 2.29 bits per heavy atom. The van der Waals surface area contributed by atoms with Gasteiger partial charge in [-0.2, -0.15) is 0 Å². The Labute approximate surface area is 98.8 Å². The van der Waals surface area contributed by atoms with E-state index in [1.807, 2.05) is 0 Å². The van der Waals surface area contributed by atoms with Crippen molar-refractivity contribution in [1.82, 2.24) is 14.5 Å². The first-order valence-electron chi connectivity index (χ1n) is 5.19. The molecule has 0 radical (unpaired) electrons. The molecule has 1 unspecified atom stereocenters. The maximum Gasteiger partial charge on any atom is 0.326 e. The van der Waals surface area contributed by atoms with Crippen LogP contribution in [0.15, 0.2) is 12.5 Å². The van der Waals surface area contributed by atoms with E-state index in [2.05, 4.69) is 4.98 Å². The fraction of sp³-hybridized carbons (Fsp3) is 0.500. The number of nitrogens with two attached hydrogens (primary N) is 1. The molecule has 1 atom stereocenters. The summed E-state index contributed by atoms with van der Waals surface area (Å²) in [5.41, 5.74) is 5.59. The molecule has 0 aliphatic heterocycles. The van der Waals surface area contributed by atoms with Gasteiger partial charge in [-0.25, -0.2) is 9.78 Å². The average molecular weight is 240 g/mol. The standard InChI is InChI=1S/C10H16N4O3/c1-7(10(16)17)13(2)9(15)8-5-14(4-3-11)6-12-8/h5-7H,3-4,11H2,1-2H3,(H,16,17). The van der Waals surface area contributed by atoms with E-state index in [1.165, 1.54) is 20.3 Å². The Balaban J connectivity index is 2.77. The molecular weight excluding hydrogens is 224 g/mol. The van der Waals surface area contributed by atoms with Crippen molar-refractivity contribution < 1.29 is 14.7 Å². The predicted molar refractivity (Wildman–Crippen MR) is 60.5 cm³/mol. The number of carbonyl (C=O) groups is 2. The minimum atomic E-state index is -1.05. The zero-order chi connectivity index (χ0) is 13.0. The van der Waals surface area contributed by atoms with Gasteiger partial charge < -0.3 is 20.3 Å². The molecule has 7 heteroatoms. The summed E-state index contributed by atoms with van der Waals surface area (Å²) in [5.74, 6) is -1.47. The topological polar surface area (TPSA) is 101 Å². The summed E-state index contributed by atoms with van der Waals surface area (Å²) in [7, 11) is 1.43. The summed E-state index contributed by atoms with van der Waals surface area (Å²) in [6, 6.07) is -0.887. The van der Waals surface area contributed by atoms with Crippen molar-refractivity contribution >= 4 is 11.9 Å². The van der Waals surface area contributed by atoms with Gasteiger partial charge in [0.05, 0.1) is 6.33 Å². The number of carboxylic acids is 1. The molecular formula is C10H16N4O3. The Morgan fingerprint density at radius 1 is 1.65 bits per heavy atom. The molecule has 0 aliphatic carbocycles. The highest BCUT2D eigenvalue weighted by molar-refractivity contribution is 5.94. The summed E-state index contributed by atoms with van der Waals surface area (Å²) >= 11 is 0. The molecule has 0 saturated heterocycles. The quantitative estimate of drug-likeness (QED) is 0.714. The number of carbonyl (C=O) groups excluding carboxylic acids is 1. The second-order valence-corrected chi connectivity index (χ2v) is 3.72. The molecule has 1 aromatic rings. The highest BCUT2D eigenvalue weighted by Crippen LogP contribution is 2.04. The lowest BCUT2D eigenvalue weighted by molar-refractivity contribution is -0.141. The number of rotatable bonds is 5. The lowest BCUT2D eigenvalue weighted by atomic mass is 10.3. The first-order chi connectivity index (χ1) is 7.97. The van der Waals surface area contributed by atoms with Crippen molar-refractivity contribution in [2.24, 2.45) is 5.73 Å². The van der Waals surface area contributed by atoms with Crippen molar-refractivity contribution in [3.8, 4) is 0 Å². The first-order valence-corrected chi connectivity index (χ1v) is 5.19. The molecule has 0 aliphatic rings. The third-order valence-corrected chi connectivity index (χ3v) is 2.50. The summed E-state index contributed by atoms with van der Waals surface area (Å²) in [6.45, 7) is 2.46. The van der Waals surface area contributed by atoms with E-state index >= 15 is 0 Å². The normalized spacial score (nSPS) is 12.2. The van der Waals surface area contributed by atoms with E-state index in [4.69, 9.17) is 10.8 Å². The fourth-order valence-electron chi connectivity index (χ4n) is 1.26. The van der Waals surface area contributed by atoms with Gasteiger partial charge in [-0.1, -0.05) is 0 Å². The van der Waals surface area contributed by atoms with E-state index in [-0.39, 0.29) is 5.69 Å². The Bertz CT molecular complexity index is 415. The van der Waals surface area contributed by atoms with Gasteiger partial charge in [0.1, 0.15) is 11.7 Å². The van der Waals surface area contributed by atoms with Crippen LogP contribution in [0.1, 0.15) is 17.4 Å². The number of hydrogen-bond acceptors (Lipinski definition) is 4. The monoisotopic (exact) mass is 240 g/mol. The van der Waals surface area contributed by atoms with Crippen LogP contribution < -0.4 is 5.73 Å². The van der Waals surface area contributed by atoms with Crippen LogP contribution in [-0.4, -0.2) is 51.1 Å². The number of aliphatic carboxylic acids is 1. The van der Waals surface area contributed by atoms with Crippen molar-refractivity contribution in [2.45, 2.75) is 19.5 Å². The van der Waals surface area contributed by atoms with E-state index < -0.39 is 17.9 Å². The highest BCUT2D eigenvalue weighted by Gasteiger charge is 2.24. The van der Waals surface area contributed by atoms with Gasteiger partial charge in [-0.15, -0.1) is 0 Å². The molecule has 0 spiro atoms. The second-order valence-electron chi connectivity index (χ2n) is 3.72. The van der Waals surface area contributed by atoms with Gasteiger partial charge in [0.2, 0.25) is 0 Å². The molecule has 7 nitrogen and oxygen atoms in total. The number of carboxylic acid groups (broad SMARTS) is 1. The van der Waals surface area contributed by atoms with Crippen LogP contribution in [0, 0.1) is 0 Å². The zero-order valence-electron chi connectivity index (χ0n) is 9.83. The summed E-state index contributed by atoms with van der Waals surface area (Å²) in [6.07, 6.45) is 3.06. The van der Waals surface area contributed by atoms with Gasteiger partial charge in [0.15, 0.2) is 0 Å². The molecule has 94 valence electrons. The van der Waals surface area contributed by atoms with Crippen LogP contribution in [0.25, 0.3) is 0 Å². The average Bonchev–Trinajstić information content (AvgIpc) is 2.75. The first kappa shape index (κ1) is 13.2. The zero-order valence-corrected chi connectivity index (χ0v) is 9.83. The second kappa shape index (κ2) is 5.44. The van der Waals surface area contributed by atoms with E-state index in [1.54, 1.807) is 10.8 Å². The van der Waals surface area contributed by atoms with Gasteiger partial charge in [0, 0.05) is 26.3 Å². The van der Waals surface area contributed by atoms with Crippen molar-refractivity contribution in [3.63, 3.8) is 0 Å². The van der Waals surface area contributed by atoms with Crippen molar-refractivity contribution in [2.75, 3.05) is 13.6 Å². The van der Waals surface area contributed by atoms with E-state index in [9.17, 15) is 9.59 Å². The maximum absolute atomic E-state index is 11.9. The van der Waals surface area contributed by atoms with Gasteiger partial charge >= 0.3 is 5.97 Å². The van der Waals surface area contributed by atoms with Crippen LogP contribution in [-0.2, 0) is 11.3 Å². The number of likely N-dealkylation sites (N-methyl/N-ethyl adjacent to an activating group) is 1. The molecule has 0 saturated carbocycles. The van der Waals surface area contributed by atoms with Gasteiger partial charge in [-0.3, -0.25) is 4.79 Å². The van der Waals surface area contributed by atoms with E-state index in [0.29, 0.717) is 13.1 Å². The van der Waals surface area contributed by atoms with E-state index in [0.717, 1.165) is 4.90 Å². The Morgan fingerprint density at radius 3 is 2.82 bits per heavy atom. The maximum atomic E-state index is 11.9. The smallest absolute Gasteiger partial charge is 0.326 e. The summed E-state index contributed by atoms with van der Waals surface area (Å²) in [5, 5.41) is 8.80. The Kier molecular flexibility index (Phi) is 4.22. The van der Waals surface area contributed by atoms with Crippen LogP contribution in [0.2, 0.25) is 0 Å².